The predicted octanol–water partition coefficient (Wildman–Crippen LogP) is 1.54. The van der Waals surface area contributed by atoms with Gasteiger partial charge in [0.05, 0.1) is 17.3 Å². The Morgan fingerprint density at radius 1 is 1.36 bits per heavy atom. The van der Waals surface area contributed by atoms with Crippen molar-refractivity contribution in [2.45, 2.75) is 25.8 Å². The molecule has 0 radical (unpaired) electrons. The molecule has 2 aromatic heterocycles. The van der Waals surface area contributed by atoms with E-state index in [1.165, 1.54) is 6.42 Å². The van der Waals surface area contributed by atoms with E-state index in [4.69, 9.17) is 0 Å². The van der Waals surface area contributed by atoms with Gasteiger partial charge >= 0.3 is 0 Å². The summed E-state index contributed by atoms with van der Waals surface area (Å²) in [5, 5.41) is 6.62. The van der Waals surface area contributed by atoms with Crippen LogP contribution in [0.2, 0.25) is 0 Å². The molecule has 1 aliphatic heterocycles. The van der Waals surface area contributed by atoms with Crippen LogP contribution in [0.1, 0.15) is 26.1 Å². The van der Waals surface area contributed by atoms with Crippen molar-refractivity contribution >= 4 is 11.4 Å². The van der Waals surface area contributed by atoms with Crippen molar-refractivity contribution in [2.75, 3.05) is 13.1 Å². The van der Waals surface area contributed by atoms with Gasteiger partial charge in [-0.3, -0.25) is 4.79 Å². The van der Waals surface area contributed by atoms with Crippen LogP contribution in [0.5, 0.6) is 0 Å². The minimum atomic E-state index is -0.484. The molecule has 0 spiro atoms. The Morgan fingerprint density at radius 3 is 2.86 bits per heavy atom. The van der Waals surface area contributed by atoms with Gasteiger partial charge in [0.1, 0.15) is 5.82 Å². The fourth-order valence-corrected chi connectivity index (χ4v) is 4.03. The maximum Gasteiger partial charge on any atom is 0.224 e. The lowest BCUT2D eigenvalue weighted by molar-refractivity contribution is -0.138. The molecule has 2 fully saturated rings. The highest BCUT2D eigenvalue weighted by molar-refractivity contribution is 5.81. The standard InChI is InChI=1S/C17H22N4O/c1-17(2,16-19-10-13-5-3-4-6-21(13)16)20-15(22)14-11-7-12(14)9-18-8-11/h3-6,10-12,14,18H,7-9H2,1-2H3,(H,20,22)/t11-,12+,14?. The number of nitrogens with one attached hydrogen (secondary N) is 2. The summed E-state index contributed by atoms with van der Waals surface area (Å²) in [6.45, 7) is 6.00. The van der Waals surface area contributed by atoms with Crippen molar-refractivity contribution in [3.63, 3.8) is 0 Å². The van der Waals surface area contributed by atoms with E-state index in [1.54, 1.807) is 0 Å². The molecule has 3 atom stereocenters. The summed E-state index contributed by atoms with van der Waals surface area (Å²) in [7, 11) is 0. The zero-order valence-electron chi connectivity index (χ0n) is 13.0. The van der Waals surface area contributed by atoms with Crippen molar-refractivity contribution in [2.24, 2.45) is 17.8 Å². The van der Waals surface area contributed by atoms with E-state index in [0.29, 0.717) is 11.8 Å². The quantitative estimate of drug-likeness (QED) is 0.904. The second kappa shape index (κ2) is 4.81. The third-order valence-electron chi connectivity index (χ3n) is 5.17. The Morgan fingerprint density at radius 2 is 2.14 bits per heavy atom. The maximum atomic E-state index is 12.7. The van der Waals surface area contributed by atoms with Crippen LogP contribution in [0, 0.1) is 17.8 Å². The molecule has 2 aromatic rings. The van der Waals surface area contributed by atoms with Crippen molar-refractivity contribution in [1.29, 1.82) is 0 Å². The fraction of sp³-hybridized carbons (Fsp3) is 0.529. The first-order chi connectivity index (χ1) is 10.6. The molecule has 116 valence electrons. The van der Waals surface area contributed by atoms with Gasteiger partial charge in [0.25, 0.3) is 0 Å². The number of hydrogen-bond acceptors (Lipinski definition) is 3. The van der Waals surface area contributed by atoms with E-state index < -0.39 is 5.54 Å². The summed E-state index contributed by atoms with van der Waals surface area (Å²) in [4.78, 5) is 17.2. The number of pyridine rings is 1. The lowest BCUT2D eigenvalue weighted by Gasteiger charge is -2.49. The molecular weight excluding hydrogens is 276 g/mol. The van der Waals surface area contributed by atoms with E-state index in [2.05, 4.69) is 15.6 Å². The van der Waals surface area contributed by atoms with Gasteiger partial charge in [0, 0.05) is 12.1 Å². The molecule has 1 amide bonds. The molecule has 2 bridgehead atoms. The van der Waals surface area contributed by atoms with Gasteiger partial charge in [-0.05, 0) is 57.3 Å². The number of aromatic nitrogens is 2. The molecule has 5 heteroatoms. The van der Waals surface area contributed by atoms with Gasteiger partial charge in [-0.25, -0.2) is 4.98 Å². The van der Waals surface area contributed by atoms with Crippen LogP contribution in [-0.4, -0.2) is 28.4 Å². The summed E-state index contributed by atoms with van der Waals surface area (Å²) < 4.78 is 2.05. The SMILES string of the molecule is CC(C)(NC(=O)C1[C@@H]2CNC[C@H]1C2)c1ncc2ccccn12. The van der Waals surface area contributed by atoms with Crippen molar-refractivity contribution < 1.29 is 4.79 Å². The predicted molar refractivity (Wildman–Crippen MR) is 84.3 cm³/mol. The highest BCUT2D eigenvalue weighted by atomic mass is 16.2. The lowest BCUT2D eigenvalue weighted by Crippen LogP contribution is -2.60. The van der Waals surface area contributed by atoms with Gasteiger partial charge in [0.15, 0.2) is 0 Å². The first-order valence-electron chi connectivity index (χ1n) is 8.01. The molecule has 3 heterocycles. The third kappa shape index (κ3) is 2.03. The van der Waals surface area contributed by atoms with Crippen LogP contribution in [-0.2, 0) is 10.3 Å². The molecule has 1 aliphatic carbocycles. The summed E-state index contributed by atoms with van der Waals surface area (Å²) in [5.41, 5.74) is 0.562. The Hall–Kier alpha value is -1.88. The summed E-state index contributed by atoms with van der Waals surface area (Å²) in [6.07, 6.45) is 5.04. The molecule has 1 saturated heterocycles. The Balaban J connectivity index is 1.57. The topological polar surface area (TPSA) is 58.4 Å². The highest BCUT2D eigenvalue weighted by Gasteiger charge is 2.48. The zero-order chi connectivity index (χ0) is 15.3. The van der Waals surface area contributed by atoms with Gasteiger partial charge in [-0.15, -0.1) is 0 Å². The van der Waals surface area contributed by atoms with Gasteiger partial charge < -0.3 is 15.0 Å². The molecule has 4 rings (SSSR count). The fourth-order valence-electron chi connectivity index (χ4n) is 4.03. The summed E-state index contributed by atoms with van der Waals surface area (Å²) >= 11 is 0. The van der Waals surface area contributed by atoms with Crippen LogP contribution in [0.25, 0.3) is 5.52 Å². The molecule has 5 nitrogen and oxygen atoms in total. The van der Waals surface area contributed by atoms with Crippen LogP contribution in [0.3, 0.4) is 0 Å². The van der Waals surface area contributed by atoms with Crippen LogP contribution in [0.4, 0.5) is 0 Å². The number of hydrogen-bond donors (Lipinski definition) is 2. The van der Waals surface area contributed by atoms with Gasteiger partial charge in [0.2, 0.25) is 5.91 Å². The maximum absolute atomic E-state index is 12.7. The molecule has 2 aliphatic rings. The number of imidazole rings is 1. The second-order valence-electron chi connectivity index (χ2n) is 7.13. The average molecular weight is 298 g/mol. The Labute approximate surface area is 130 Å². The molecule has 1 unspecified atom stereocenters. The number of amides is 1. The third-order valence-corrected chi connectivity index (χ3v) is 5.17. The van der Waals surface area contributed by atoms with E-state index in [1.807, 2.05) is 48.8 Å². The largest absolute Gasteiger partial charge is 0.344 e. The van der Waals surface area contributed by atoms with Gasteiger partial charge in [-0.1, -0.05) is 6.07 Å². The monoisotopic (exact) mass is 298 g/mol. The number of fused-ring (bicyclic) bond motifs is 3. The molecule has 2 N–H and O–H groups in total. The first-order valence-corrected chi connectivity index (χ1v) is 8.01. The van der Waals surface area contributed by atoms with E-state index >= 15 is 0 Å². The minimum Gasteiger partial charge on any atom is -0.344 e. The van der Waals surface area contributed by atoms with E-state index in [-0.39, 0.29) is 11.8 Å². The van der Waals surface area contributed by atoms with Crippen molar-refractivity contribution in [3.05, 3.63) is 36.4 Å². The van der Waals surface area contributed by atoms with Crippen LogP contribution < -0.4 is 10.6 Å². The number of carbonyl (C=O) groups excluding carboxylic acids is 1. The minimum absolute atomic E-state index is 0.173. The second-order valence-corrected chi connectivity index (χ2v) is 7.13. The number of carbonyl (C=O) groups is 1. The van der Waals surface area contributed by atoms with E-state index in [9.17, 15) is 4.79 Å². The average Bonchev–Trinajstić information content (AvgIpc) is 2.92. The van der Waals surface area contributed by atoms with Crippen LogP contribution in [0.15, 0.2) is 30.6 Å². The summed E-state index contributed by atoms with van der Waals surface area (Å²) in [6, 6.07) is 6.00. The zero-order valence-corrected chi connectivity index (χ0v) is 13.0. The highest BCUT2D eigenvalue weighted by Crippen LogP contribution is 2.43. The smallest absolute Gasteiger partial charge is 0.224 e. The normalized spacial score (nSPS) is 27.5. The van der Waals surface area contributed by atoms with Crippen molar-refractivity contribution in [1.82, 2.24) is 20.0 Å². The number of rotatable bonds is 3. The first kappa shape index (κ1) is 13.8. The number of piperidine rings is 2. The number of nitrogens with zero attached hydrogens (tertiary/aromatic N) is 2. The Bertz CT molecular complexity index is 706. The molecule has 1 saturated carbocycles. The molecular formula is C17H22N4O. The van der Waals surface area contributed by atoms with Crippen molar-refractivity contribution in [3.8, 4) is 0 Å². The summed E-state index contributed by atoms with van der Waals surface area (Å²) in [5.74, 6) is 2.24. The lowest BCUT2D eigenvalue weighted by atomic mass is 9.61. The van der Waals surface area contributed by atoms with Crippen LogP contribution >= 0.6 is 0 Å². The van der Waals surface area contributed by atoms with Gasteiger partial charge in [-0.2, -0.15) is 0 Å². The molecule has 22 heavy (non-hydrogen) atoms. The Kier molecular flexibility index (Phi) is 3.01. The van der Waals surface area contributed by atoms with E-state index in [0.717, 1.165) is 24.4 Å². The molecule has 0 aromatic carbocycles.